The normalized spacial score (nSPS) is 31.0. The van der Waals surface area contributed by atoms with Crippen LogP contribution < -0.4 is 0 Å². The van der Waals surface area contributed by atoms with Gasteiger partial charge in [-0.1, -0.05) is 20.8 Å². The fourth-order valence-electron chi connectivity index (χ4n) is 3.89. The molecule has 21 heavy (non-hydrogen) atoms. The number of hydrogen-bond acceptors (Lipinski definition) is 2. The van der Waals surface area contributed by atoms with E-state index in [0.717, 1.165) is 38.5 Å². The average molecular weight is 295 g/mol. The largest absolute Gasteiger partial charge is 0.480 e. The molecule has 4 nitrogen and oxygen atoms in total. The van der Waals surface area contributed by atoms with Crippen LogP contribution in [0.15, 0.2) is 0 Å². The lowest BCUT2D eigenvalue weighted by molar-refractivity contribution is -0.154. The highest BCUT2D eigenvalue weighted by atomic mass is 16.4. The third-order valence-corrected chi connectivity index (χ3v) is 5.37. The van der Waals surface area contributed by atoms with Crippen LogP contribution in [-0.4, -0.2) is 34.5 Å². The van der Waals surface area contributed by atoms with Gasteiger partial charge >= 0.3 is 5.97 Å². The topological polar surface area (TPSA) is 57.6 Å². The highest BCUT2D eigenvalue weighted by molar-refractivity contribution is 5.85. The van der Waals surface area contributed by atoms with Crippen molar-refractivity contribution in [3.8, 4) is 0 Å². The van der Waals surface area contributed by atoms with Crippen molar-refractivity contribution >= 4 is 11.9 Å². The summed E-state index contributed by atoms with van der Waals surface area (Å²) in [6, 6.07) is -0.591. The Labute approximate surface area is 127 Å². The number of rotatable bonds is 2. The molecule has 2 fully saturated rings. The molecule has 120 valence electrons. The Kier molecular flexibility index (Phi) is 4.95. The predicted molar refractivity (Wildman–Crippen MR) is 81.9 cm³/mol. The summed E-state index contributed by atoms with van der Waals surface area (Å²) in [4.78, 5) is 25.7. The molecule has 0 aromatic heterocycles. The number of likely N-dealkylation sites (tertiary alicyclic amines) is 1. The van der Waals surface area contributed by atoms with Gasteiger partial charge in [-0.3, -0.25) is 4.79 Å². The SMILES string of the molecule is CC(C)(C)C1CCC(C(=O)N2CCCC[C@H]2C(=O)O)CC1. The molecule has 0 bridgehead atoms. The van der Waals surface area contributed by atoms with Crippen LogP contribution in [0.25, 0.3) is 0 Å². The summed E-state index contributed by atoms with van der Waals surface area (Å²) in [5.41, 5.74) is 0.308. The van der Waals surface area contributed by atoms with Crippen LogP contribution in [0, 0.1) is 17.3 Å². The first-order valence-corrected chi connectivity index (χ1v) is 8.34. The molecule has 1 saturated carbocycles. The molecule has 2 rings (SSSR count). The Hall–Kier alpha value is -1.06. The van der Waals surface area contributed by atoms with Gasteiger partial charge in [0.05, 0.1) is 0 Å². The Bertz CT molecular complexity index is 391. The zero-order chi connectivity index (χ0) is 15.6. The second-order valence-electron chi connectivity index (χ2n) is 7.80. The van der Waals surface area contributed by atoms with E-state index in [1.807, 2.05) is 0 Å². The maximum absolute atomic E-state index is 12.7. The van der Waals surface area contributed by atoms with E-state index >= 15 is 0 Å². The Morgan fingerprint density at radius 3 is 2.14 bits per heavy atom. The van der Waals surface area contributed by atoms with Crippen LogP contribution in [0.3, 0.4) is 0 Å². The zero-order valence-electron chi connectivity index (χ0n) is 13.6. The smallest absolute Gasteiger partial charge is 0.326 e. The third-order valence-electron chi connectivity index (χ3n) is 5.37. The van der Waals surface area contributed by atoms with Gasteiger partial charge in [-0.15, -0.1) is 0 Å². The molecule has 1 aliphatic carbocycles. The molecule has 1 N–H and O–H groups in total. The van der Waals surface area contributed by atoms with Crippen LogP contribution in [0.2, 0.25) is 0 Å². The zero-order valence-corrected chi connectivity index (χ0v) is 13.6. The van der Waals surface area contributed by atoms with E-state index in [9.17, 15) is 14.7 Å². The number of carbonyl (C=O) groups excluding carboxylic acids is 1. The molecule has 0 aromatic rings. The van der Waals surface area contributed by atoms with E-state index in [0.29, 0.717) is 24.3 Å². The highest BCUT2D eigenvalue weighted by Crippen LogP contribution is 2.40. The van der Waals surface area contributed by atoms with E-state index in [2.05, 4.69) is 20.8 Å². The first-order valence-electron chi connectivity index (χ1n) is 8.34. The van der Waals surface area contributed by atoms with Crippen LogP contribution in [0.1, 0.15) is 65.7 Å². The summed E-state index contributed by atoms with van der Waals surface area (Å²) in [7, 11) is 0. The minimum absolute atomic E-state index is 0.0450. The number of amides is 1. The van der Waals surface area contributed by atoms with Crippen molar-refractivity contribution in [2.75, 3.05) is 6.54 Å². The lowest BCUT2D eigenvalue weighted by Crippen LogP contribution is -2.50. The molecule has 0 radical (unpaired) electrons. The molecule has 1 atom stereocenters. The van der Waals surface area contributed by atoms with Gasteiger partial charge in [0.1, 0.15) is 6.04 Å². The minimum atomic E-state index is -0.841. The van der Waals surface area contributed by atoms with Crippen molar-refractivity contribution < 1.29 is 14.7 Å². The third kappa shape index (κ3) is 3.78. The molecular formula is C17H29NO3. The van der Waals surface area contributed by atoms with Crippen molar-refractivity contribution in [1.29, 1.82) is 0 Å². The lowest BCUT2D eigenvalue weighted by Gasteiger charge is -2.40. The first-order chi connectivity index (χ1) is 9.80. The second kappa shape index (κ2) is 6.37. The Morgan fingerprint density at radius 2 is 1.62 bits per heavy atom. The summed E-state index contributed by atoms with van der Waals surface area (Å²) in [5.74, 6) is -0.0254. The number of nitrogens with zero attached hydrogens (tertiary/aromatic N) is 1. The molecule has 0 aromatic carbocycles. The van der Waals surface area contributed by atoms with Crippen molar-refractivity contribution in [3.05, 3.63) is 0 Å². The molecular weight excluding hydrogens is 266 g/mol. The van der Waals surface area contributed by atoms with Crippen molar-refractivity contribution in [2.24, 2.45) is 17.3 Å². The summed E-state index contributed by atoms with van der Waals surface area (Å²) in [6.07, 6.45) is 6.48. The van der Waals surface area contributed by atoms with Crippen LogP contribution in [0.5, 0.6) is 0 Å². The molecule has 2 aliphatic rings. The minimum Gasteiger partial charge on any atom is -0.480 e. The number of piperidine rings is 1. The van der Waals surface area contributed by atoms with Gasteiger partial charge in [-0.05, 0) is 56.3 Å². The molecule has 1 amide bonds. The quantitative estimate of drug-likeness (QED) is 0.850. The van der Waals surface area contributed by atoms with Gasteiger partial charge in [0.2, 0.25) is 5.91 Å². The van der Waals surface area contributed by atoms with E-state index < -0.39 is 12.0 Å². The van der Waals surface area contributed by atoms with E-state index in [1.165, 1.54) is 0 Å². The van der Waals surface area contributed by atoms with Gasteiger partial charge in [0, 0.05) is 12.5 Å². The summed E-state index contributed by atoms with van der Waals surface area (Å²) in [5, 5.41) is 9.31. The maximum Gasteiger partial charge on any atom is 0.326 e. The van der Waals surface area contributed by atoms with Gasteiger partial charge in [0.15, 0.2) is 0 Å². The fraction of sp³-hybridized carbons (Fsp3) is 0.882. The highest BCUT2D eigenvalue weighted by Gasteiger charge is 2.38. The van der Waals surface area contributed by atoms with Crippen LogP contribution in [0.4, 0.5) is 0 Å². The molecule has 4 heteroatoms. The van der Waals surface area contributed by atoms with Gasteiger partial charge < -0.3 is 10.0 Å². The first kappa shape index (κ1) is 16.3. The van der Waals surface area contributed by atoms with Crippen molar-refractivity contribution in [3.63, 3.8) is 0 Å². The number of carbonyl (C=O) groups is 2. The van der Waals surface area contributed by atoms with Gasteiger partial charge in [-0.25, -0.2) is 4.79 Å². The second-order valence-corrected chi connectivity index (χ2v) is 7.80. The van der Waals surface area contributed by atoms with Crippen LogP contribution in [-0.2, 0) is 9.59 Å². The van der Waals surface area contributed by atoms with Crippen LogP contribution >= 0.6 is 0 Å². The summed E-state index contributed by atoms with van der Waals surface area (Å²) in [6.45, 7) is 7.43. The number of hydrogen-bond donors (Lipinski definition) is 1. The Morgan fingerprint density at radius 1 is 1.00 bits per heavy atom. The molecule has 0 spiro atoms. The van der Waals surface area contributed by atoms with E-state index in [-0.39, 0.29) is 11.8 Å². The number of aliphatic carboxylic acids is 1. The molecule has 0 unspecified atom stereocenters. The molecule has 1 heterocycles. The maximum atomic E-state index is 12.7. The average Bonchev–Trinajstić information content (AvgIpc) is 2.45. The fourth-order valence-corrected chi connectivity index (χ4v) is 3.89. The van der Waals surface area contributed by atoms with E-state index in [4.69, 9.17) is 0 Å². The van der Waals surface area contributed by atoms with E-state index in [1.54, 1.807) is 4.90 Å². The summed E-state index contributed by atoms with van der Waals surface area (Å²) < 4.78 is 0. The molecule has 1 aliphatic heterocycles. The number of carboxylic acids is 1. The van der Waals surface area contributed by atoms with Crippen molar-refractivity contribution in [2.45, 2.75) is 71.8 Å². The predicted octanol–water partition coefficient (Wildman–Crippen LogP) is 3.30. The monoisotopic (exact) mass is 295 g/mol. The molecule has 1 saturated heterocycles. The van der Waals surface area contributed by atoms with Gasteiger partial charge in [0.25, 0.3) is 0 Å². The Balaban J connectivity index is 1.96. The lowest BCUT2D eigenvalue weighted by atomic mass is 9.69. The van der Waals surface area contributed by atoms with Gasteiger partial charge in [-0.2, -0.15) is 0 Å². The van der Waals surface area contributed by atoms with Crippen molar-refractivity contribution in [1.82, 2.24) is 4.90 Å². The number of carboxylic acid groups (broad SMARTS) is 1. The standard InChI is InChI=1S/C17H29NO3/c1-17(2,3)13-9-7-12(8-10-13)15(19)18-11-5-4-6-14(18)16(20)21/h12-14H,4-11H2,1-3H3,(H,20,21)/t12?,13?,14-/m0/s1. The summed E-state index contributed by atoms with van der Waals surface area (Å²) >= 11 is 0.